The Kier molecular flexibility index (Phi) is 3.30. The SMILES string of the molecule is CC(C(=O)N1CC(C)OCC1C)=C1CNC1. The maximum absolute atomic E-state index is 12.3. The van der Waals surface area contributed by atoms with Gasteiger partial charge in [-0.3, -0.25) is 4.79 Å². The molecule has 0 aromatic heterocycles. The maximum atomic E-state index is 12.3. The lowest BCUT2D eigenvalue weighted by molar-refractivity contribution is -0.139. The second-order valence-electron chi connectivity index (χ2n) is 4.78. The molecule has 0 radical (unpaired) electrons. The molecule has 0 aromatic carbocycles. The number of amides is 1. The second kappa shape index (κ2) is 4.55. The molecule has 0 aliphatic carbocycles. The second-order valence-corrected chi connectivity index (χ2v) is 4.78. The lowest BCUT2D eigenvalue weighted by Crippen LogP contribution is -2.51. The molecule has 4 heteroatoms. The minimum atomic E-state index is 0.150. The summed E-state index contributed by atoms with van der Waals surface area (Å²) >= 11 is 0. The fraction of sp³-hybridized carbons (Fsp3) is 0.750. The molecule has 1 N–H and O–H groups in total. The largest absolute Gasteiger partial charge is 0.375 e. The minimum absolute atomic E-state index is 0.150. The Morgan fingerprint density at radius 3 is 2.69 bits per heavy atom. The summed E-state index contributed by atoms with van der Waals surface area (Å²) in [6.45, 7) is 9.08. The van der Waals surface area contributed by atoms with Crippen LogP contribution in [0.2, 0.25) is 0 Å². The van der Waals surface area contributed by atoms with E-state index in [4.69, 9.17) is 4.74 Å². The predicted octanol–water partition coefficient (Wildman–Crippen LogP) is 0.542. The van der Waals surface area contributed by atoms with Gasteiger partial charge in [0.1, 0.15) is 0 Å². The highest BCUT2D eigenvalue weighted by molar-refractivity contribution is 5.94. The normalized spacial score (nSPS) is 29.9. The molecular formula is C12H20N2O2. The van der Waals surface area contributed by atoms with E-state index in [1.165, 1.54) is 5.57 Å². The van der Waals surface area contributed by atoms with E-state index < -0.39 is 0 Å². The zero-order valence-electron chi connectivity index (χ0n) is 10.2. The molecule has 1 amide bonds. The van der Waals surface area contributed by atoms with Crippen molar-refractivity contribution in [2.75, 3.05) is 26.2 Å². The van der Waals surface area contributed by atoms with Gasteiger partial charge in [-0.2, -0.15) is 0 Å². The number of nitrogens with one attached hydrogen (secondary N) is 1. The van der Waals surface area contributed by atoms with Crippen LogP contribution in [0.4, 0.5) is 0 Å². The minimum Gasteiger partial charge on any atom is -0.375 e. The van der Waals surface area contributed by atoms with Gasteiger partial charge in [0.2, 0.25) is 5.91 Å². The van der Waals surface area contributed by atoms with Crippen LogP contribution in [0.1, 0.15) is 20.8 Å². The van der Waals surface area contributed by atoms with Crippen molar-refractivity contribution >= 4 is 5.91 Å². The molecule has 16 heavy (non-hydrogen) atoms. The molecule has 2 aliphatic rings. The van der Waals surface area contributed by atoms with Gasteiger partial charge >= 0.3 is 0 Å². The summed E-state index contributed by atoms with van der Waals surface area (Å²) in [4.78, 5) is 14.2. The molecule has 2 atom stereocenters. The van der Waals surface area contributed by atoms with Crippen LogP contribution in [0.15, 0.2) is 11.1 Å². The highest BCUT2D eigenvalue weighted by Crippen LogP contribution is 2.17. The number of rotatable bonds is 1. The van der Waals surface area contributed by atoms with Crippen molar-refractivity contribution in [1.82, 2.24) is 10.2 Å². The third-order valence-electron chi connectivity index (χ3n) is 3.40. The molecule has 2 heterocycles. The Balaban J connectivity index is 2.08. The topological polar surface area (TPSA) is 41.6 Å². The monoisotopic (exact) mass is 224 g/mol. The van der Waals surface area contributed by atoms with Crippen molar-refractivity contribution in [1.29, 1.82) is 0 Å². The van der Waals surface area contributed by atoms with Gasteiger partial charge in [0.25, 0.3) is 0 Å². The zero-order chi connectivity index (χ0) is 11.7. The number of hydrogen-bond acceptors (Lipinski definition) is 3. The van der Waals surface area contributed by atoms with Crippen molar-refractivity contribution in [2.24, 2.45) is 0 Å². The van der Waals surface area contributed by atoms with E-state index in [-0.39, 0.29) is 18.1 Å². The van der Waals surface area contributed by atoms with E-state index in [1.54, 1.807) is 0 Å². The van der Waals surface area contributed by atoms with E-state index in [0.29, 0.717) is 13.2 Å². The molecular weight excluding hydrogens is 204 g/mol. The Morgan fingerprint density at radius 1 is 1.44 bits per heavy atom. The molecule has 0 bridgehead atoms. The average Bonchev–Trinajstić information content (AvgIpc) is 2.18. The number of hydrogen-bond donors (Lipinski definition) is 1. The van der Waals surface area contributed by atoms with Crippen molar-refractivity contribution in [3.05, 3.63) is 11.1 Å². The summed E-state index contributed by atoms with van der Waals surface area (Å²) in [6, 6.07) is 0.187. The highest BCUT2D eigenvalue weighted by atomic mass is 16.5. The fourth-order valence-electron chi connectivity index (χ4n) is 2.07. The van der Waals surface area contributed by atoms with Gasteiger partial charge in [-0.1, -0.05) is 0 Å². The molecule has 0 spiro atoms. The zero-order valence-corrected chi connectivity index (χ0v) is 10.2. The van der Waals surface area contributed by atoms with Gasteiger partial charge < -0.3 is 15.0 Å². The molecule has 90 valence electrons. The summed E-state index contributed by atoms with van der Waals surface area (Å²) in [6.07, 6.45) is 0.150. The van der Waals surface area contributed by atoms with E-state index in [9.17, 15) is 4.79 Å². The average molecular weight is 224 g/mol. The quantitative estimate of drug-likeness (QED) is 0.661. The summed E-state index contributed by atoms with van der Waals surface area (Å²) in [5, 5.41) is 3.17. The van der Waals surface area contributed by atoms with Gasteiger partial charge in [0, 0.05) is 25.2 Å². The number of ether oxygens (including phenoxy) is 1. The van der Waals surface area contributed by atoms with Crippen LogP contribution in [0.5, 0.6) is 0 Å². The molecule has 0 saturated carbocycles. The Labute approximate surface area is 96.6 Å². The third-order valence-corrected chi connectivity index (χ3v) is 3.40. The number of carbonyl (C=O) groups is 1. The summed E-state index contributed by atoms with van der Waals surface area (Å²) in [5.74, 6) is 0.180. The van der Waals surface area contributed by atoms with E-state index >= 15 is 0 Å². The first-order valence-electron chi connectivity index (χ1n) is 5.91. The molecule has 2 aliphatic heterocycles. The Morgan fingerprint density at radius 2 is 2.12 bits per heavy atom. The van der Waals surface area contributed by atoms with Gasteiger partial charge in [0.05, 0.1) is 18.8 Å². The van der Waals surface area contributed by atoms with E-state index in [1.807, 2.05) is 25.7 Å². The highest BCUT2D eigenvalue weighted by Gasteiger charge is 2.29. The smallest absolute Gasteiger partial charge is 0.249 e. The Hall–Kier alpha value is -0.870. The maximum Gasteiger partial charge on any atom is 0.249 e. The van der Waals surface area contributed by atoms with Gasteiger partial charge in [-0.25, -0.2) is 0 Å². The third kappa shape index (κ3) is 2.13. The van der Waals surface area contributed by atoms with Crippen LogP contribution in [-0.4, -0.2) is 49.2 Å². The summed E-state index contributed by atoms with van der Waals surface area (Å²) < 4.78 is 5.53. The molecule has 2 rings (SSSR count). The van der Waals surface area contributed by atoms with Gasteiger partial charge in [0.15, 0.2) is 0 Å². The fourth-order valence-corrected chi connectivity index (χ4v) is 2.07. The first kappa shape index (κ1) is 11.6. The lowest BCUT2D eigenvalue weighted by Gasteiger charge is -2.37. The molecule has 2 saturated heterocycles. The van der Waals surface area contributed by atoms with Crippen LogP contribution in [0, 0.1) is 0 Å². The molecule has 0 aromatic rings. The van der Waals surface area contributed by atoms with Gasteiger partial charge in [-0.05, 0) is 26.3 Å². The molecule has 2 unspecified atom stereocenters. The predicted molar refractivity (Wildman–Crippen MR) is 62.2 cm³/mol. The first-order chi connectivity index (χ1) is 7.59. The van der Waals surface area contributed by atoms with Crippen LogP contribution in [-0.2, 0) is 9.53 Å². The molecule has 2 fully saturated rings. The number of nitrogens with zero attached hydrogens (tertiary/aromatic N) is 1. The summed E-state index contributed by atoms with van der Waals surface area (Å²) in [5.41, 5.74) is 2.16. The number of carbonyl (C=O) groups excluding carboxylic acids is 1. The van der Waals surface area contributed by atoms with Crippen LogP contribution in [0.3, 0.4) is 0 Å². The van der Waals surface area contributed by atoms with Crippen molar-refractivity contribution < 1.29 is 9.53 Å². The summed E-state index contributed by atoms with van der Waals surface area (Å²) in [7, 11) is 0. The van der Waals surface area contributed by atoms with Crippen molar-refractivity contribution in [3.63, 3.8) is 0 Å². The lowest BCUT2D eigenvalue weighted by atomic mass is 10.0. The van der Waals surface area contributed by atoms with Crippen molar-refractivity contribution in [2.45, 2.75) is 32.9 Å². The Bertz CT molecular complexity index is 319. The van der Waals surface area contributed by atoms with E-state index in [2.05, 4.69) is 5.32 Å². The van der Waals surface area contributed by atoms with Crippen LogP contribution in [0.25, 0.3) is 0 Å². The number of morpholine rings is 1. The van der Waals surface area contributed by atoms with Crippen LogP contribution < -0.4 is 5.32 Å². The van der Waals surface area contributed by atoms with Crippen molar-refractivity contribution in [3.8, 4) is 0 Å². The van der Waals surface area contributed by atoms with Crippen LogP contribution >= 0.6 is 0 Å². The van der Waals surface area contributed by atoms with Gasteiger partial charge in [-0.15, -0.1) is 0 Å². The first-order valence-corrected chi connectivity index (χ1v) is 5.91. The standard InChI is InChI=1S/C12H20N2O2/c1-8-7-16-9(2)6-14(8)12(15)10(3)11-4-13-5-11/h8-9,13H,4-7H2,1-3H3. The van der Waals surface area contributed by atoms with E-state index in [0.717, 1.165) is 18.7 Å². The molecule has 4 nitrogen and oxygen atoms in total.